The van der Waals surface area contributed by atoms with E-state index >= 15 is 0 Å². The van der Waals surface area contributed by atoms with E-state index < -0.39 is 18.7 Å². The van der Waals surface area contributed by atoms with Crippen molar-refractivity contribution in [1.29, 1.82) is 0 Å². The maximum absolute atomic E-state index is 12.7. The lowest BCUT2D eigenvalue weighted by atomic mass is 10.1. The van der Waals surface area contributed by atoms with Gasteiger partial charge in [-0.25, -0.2) is 0 Å². The molecule has 0 spiro atoms. The van der Waals surface area contributed by atoms with Crippen molar-refractivity contribution in [3.8, 4) is 0 Å². The van der Waals surface area contributed by atoms with E-state index in [2.05, 4.69) is 0 Å². The van der Waals surface area contributed by atoms with E-state index in [0.717, 1.165) is 10.1 Å². The maximum Gasteiger partial charge on any atom is 0.311 e. The van der Waals surface area contributed by atoms with Crippen LogP contribution in [0, 0.1) is 6.92 Å². The van der Waals surface area contributed by atoms with Gasteiger partial charge >= 0.3 is 5.97 Å². The SMILES string of the molecule is [2H]C([2H])([2H])n1c(CC(=O)OCC)ccc1C(=O)c1ccc(C)cc1. The Kier molecular flexibility index (Phi) is 3.45. The standard InChI is InChI=1S/C17H19NO3/c1-4-21-16(19)11-14-9-10-15(18(14)3)17(20)13-7-5-12(2)6-8-13/h5-10H,4,11H2,1-3H3/i3D3. The van der Waals surface area contributed by atoms with Gasteiger partial charge in [0.25, 0.3) is 0 Å². The fourth-order valence-electron chi connectivity index (χ4n) is 2.01. The first-order valence-corrected chi connectivity index (χ1v) is 6.72. The summed E-state index contributed by atoms with van der Waals surface area (Å²) in [4.78, 5) is 24.3. The number of hydrogen-bond donors (Lipinski definition) is 0. The molecule has 0 atom stereocenters. The summed E-state index contributed by atoms with van der Waals surface area (Å²) in [6.07, 6.45) is -0.201. The van der Waals surface area contributed by atoms with E-state index in [9.17, 15) is 9.59 Å². The molecule has 1 aromatic carbocycles. The summed E-state index contributed by atoms with van der Waals surface area (Å²) < 4.78 is 28.9. The van der Waals surface area contributed by atoms with Gasteiger partial charge in [0.15, 0.2) is 0 Å². The Hall–Kier alpha value is -2.36. The molecule has 0 aliphatic rings. The fraction of sp³-hybridized carbons (Fsp3) is 0.294. The zero-order valence-electron chi connectivity index (χ0n) is 15.1. The molecule has 110 valence electrons. The van der Waals surface area contributed by atoms with Crippen LogP contribution in [0.15, 0.2) is 36.4 Å². The Morgan fingerprint density at radius 1 is 1.19 bits per heavy atom. The molecule has 0 unspecified atom stereocenters. The lowest BCUT2D eigenvalue weighted by Crippen LogP contribution is -2.13. The number of hydrogen-bond acceptors (Lipinski definition) is 3. The van der Waals surface area contributed by atoms with Crippen molar-refractivity contribution in [3.05, 3.63) is 58.9 Å². The summed E-state index contributed by atoms with van der Waals surface area (Å²) >= 11 is 0. The number of aryl methyl sites for hydroxylation is 1. The third kappa shape index (κ3) is 3.40. The molecular weight excluding hydrogens is 266 g/mol. The maximum atomic E-state index is 12.7. The Balaban J connectivity index is 2.43. The molecule has 4 nitrogen and oxygen atoms in total. The molecule has 0 aliphatic heterocycles. The zero-order valence-corrected chi connectivity index (χ0v) is 12.1. The average Bonchev–Trinajstić information content (AvgIpc) is 2.91. The molecule has 4 heteroatoms. The summed E-state index contributed by atoms with van der Waals surface area (Å²) in [5.74, 6) is -0.934. The van der Waals surface area contributed by atoms with Crippen LogP contribution in [0.3, 0.4) is 0 Å². The number of esters is 1. The van der Waals surface area contributed by atoms with Gasteiger partial charge in [0.2, 0.25) is 5.78 Å². The highest BCUT2D eigenvalue weighted by Crippen LogP contribution is 2.14. The minimum absolute atomic E-state index is 0.0261. The van der Waals surface area contributed by atoms with Crippen LogP contribution in [-0.2, 0) is 22.9 Å². The Morgan fingerprint density at radius 2 is 1.90 bits per heavy atom. The van der Waals surface area contributed by atoms with Gasteiger partial charge < -0.3 is 9.30 Å². The lowest BCUT2D eigenvalue weighted by molar-refractivity contribution is -0.142. The number of nitrogens with zero attached hydrogens (tertiary/aromatic N) is 1. The first-order valence-electron chi connectivity index (χ1n) is 8.22. The van der Waals surface area contributed by atoms with E-state index in [-0.39, 0.29) is 24.4 Å². The van der Waals surface area contributed by atoms with Crippen molar-refractivity contribution in [3.63, 3.8) is 0 Å². The van der Waals surface area contributed by atoms with Gasteiger partial charge in [0, 0.05) is 22.3 Å². The Labute approximate surface area is 128 Å². The topological polar surface area (TPSA) is 48.3 Å². The van der Waals surface area contributed by atoms with Crippen LogP contribution >= 0.6 is 0 Å². The fourth-order valence-corrected chi connectivity index (χ4v) is 2.01. The van der Waals surface area contributed by atoms with Gasteiger partial charge in [0.05, 0.1) is 18.7 Å². The minimum Gasteiger partial charge on any atom is -0.466 e. The van der Waals surface area contributed by atoms with Crippen molar-refractivity contribution in [2.24, 2.45) is 6.98 Å². The van der Waals surface area contributed by atoms with Gasteiger partial charge in [-0.1, -0.05) is 29.8 Å². The van der Waals surface area contributed by atoms with Crippen LogP contribution in [0.1, 0.15) is 38.3 Å². The van der Waals surface area contributed by atoms with Crippen LogP contribution in [0.2, 0.25) is 0 Å². The summed E-state index contributed by atoms with van der Waals surface area (Å²) in [5, 5.41) is 0. The normalized spacial score (nSPS) is 13.1. The molecule has 0 bridgehead atoms. The average molecular weight is 288 g/mol. The molecule has 21 heavy (non-hydrogen) atoms. The number of carbonyl (C=O) groups excluding carboxylic acids is 2. The third-order valence-electron chi connectivity index (χ3n) is 3.14. The highest BCUT2D eigenvalue weighted by atomic mass is 16.5. The highest BCUT2D eigenvalue weighted by Gasteiger charge is 2.16. The second kappa shape index (κ2) is 6.39. The van der Waals surface area contributed by atoms with Crippen molar-refractivity contribution >= 4 is 11.8 Å². The van der Waals surface area contributed by atoms with Gasteiger partial charge in [-0.2, -0.15) is 0 Å². The quantitative estimate of drug-likeness (QED) is 0.628. The number of rotatable bonds is 5. The molecule has 0 fully saturated rings. The van der Waals surface area contributed by atoms with Crippen molar-refractivity contribution in [2.45, 2.75) is 20.3 Å². The zero-order chi connectivity index (χ0) is 17.9. The van der Waals surface area contributed by atoms with E-state index in [1.807, 2.05) is 6.92 Å². The largest absolute Gasteiger partial charge is 0.466 e. The van der Waals surface area contributed by atoms with E-state index in [1.165, 1.54) is 12.1 Å². The molecule has 0 saturated carbocycles. The van der Waals surface area contributed by atoms with Gasteiger partial charge in [-0.05, 0) is 26.0 Å². The second-order valence-corrected chi connectivity index (χ2v) is 4.72. The third-order valence-corrected chi connectivity index (χ3v) is 3.14. The highest BCUT2D eigenvalue weighted by molar-refractivity contribution is 6.08. The Morgan fingerprint density at radius 3 is 2.52 bits per heavy atom. The number of carbonyl (C=O) groups is 2. The minimum atomic E-state index is -2.57. The number of benzene rings is 1. The monoisotopic (exact) mass is 288 g/mol. The molecule has 0 N–H and O–H groups in total. The van der Waals surface area contributed by atoms with Crippen molar-refractivity contribution in [1.82, 2.24) is 4.57 Å². The van der Waals surface area contributed by atoms with Crippen LogP contribution in [-0.4, -0.2) is 22.9 Å². The van der Waals surface area contributed by atoms with E-state index in [1.54, 1.807) is 31.2 Å². The molecule has 1 aromatic heterocycles. The molecule has 2 rings (SSSR count). The van der Waals surface area contributed by atoms with Crippen LogP contribution in [0.25, 0.3) is 0 Å². The predicted molar refractivity (Wildman–Crippen MR) is 80.4 cm³/mol. The van der Waals surface area contributed by atoms with E-state index in [4.69, 9.17) is 8.85 Å². The summed E-state index contributed by atoms with van der Waals surface area (Å²) in [7, 11) is 0. The molecule has 2 aromatic rings. The predicted octanol–water partition coefficient (Wildman–Crippen LogP) is 2.67. The Bertz CT molecular complexity index is 745. The first kappa shape index (κ1) is 11.3. The molecule has 0 saturated heterocycles. The molecule has 1 heterocycles. The summed E-state index contributed by atoms with van der Waals surface area (Å²) in [5.41, 5.74) is 1.65. The van der Waals surface area contributed by atoms with Crippen LogP contribution < -0.4 is 0 Å². The molecular formula is C17H19NO3. The van der Waals surface area contributed by atoms with Gasteiger partial charge in [-0.3, -0.25) is 9.59 Å². The molecule has 0 aliphatic carbocycles. The molecule has 0 radical (unpaired) electrons. The summed E-state index contributed by atoms with van der Waals surface area (Å²) in [6.45, 7) is 1.22. The van der Waals surface area contributed by atoms with E-state index in [0.29, 0.717) is 5.56 Å². The van der Waals surface area contributed by atoms with Crippen LogP contribution in [0.5, 0.6) is 0 Å². The van der Waals surface area contributed by atoms with Crippen LogP contribution in [0.4, 0.5) is 0 Å². The lowest BCUT2D eigenvalue weighted by Gasteiger charge is -2.07. The molecule has 0 amide bonds. The summed E-state index contributed by atoms with van der Waals surface area (Å²) in [6, 6.07) is 9.79. The number of aromatic nitrogens is 1. The van der Waals surface area contributed by atoms with Crippen molar-refractivity contribution < 1.29 is 18.4 Å². The first-order chi connectivity index (χ1) is 11.2. The number of ether oxygens (including phenoxy) is 1. The second-order valence-electron chi connectivity index (χ2n) is 4.72. The smallest absolute Gasteiger partial charge is 0.311 e. The number of ketones is 1. The van der Waals surface area contributed by atoms with Gasteiger partial charge in [0.1, 0.15) is 0 Å². The van der Waals surface area contributed by atoms with Gasteiger partial charge in [-0.15, -0.1) is 0 Å². The van der Waals surface area contributed by atoms with Crippen molar-refractivity contribution in [2.75, 3.05) is 6.61 Å².